The zero-order valence-corrected chi connectivity index (χ0v) is 15.0. The molecular weight excluding hydrogens is 286 g/mol. The molecule has 8 atom stereocenters. The van der Waals surface area contributed by atoms with Crippen molar-refractivity contribution in [3.05, 3.63) is 0 Å². The Balaban J connectivity index is 1.61. The number of Topliss-reactive ketones (excluding diaryl/α,β-unsaturated/α-hetero) is 1. The molecule has 0 radical (unpaired) electrons. The lowest BCUT2D eigenvalue weighted by Gasteiger charge is -2.61. The van der Waals surface area contributed by atoms with E-state index in [1.165, 1.54) is 25.7 Å². The van der Waals surface area contributed by atoms with Crippen LogP contribution in [0.4, 0.5) is 0 Å². The van der Waals surface area contributed by atoms with Crippen LogP contribution in [0.5, 0.6) is 0 Å². The normalized spacial score (nSPS) is 55.7. The lowest BCUT2D eigenvalue weighted by molar-refractivity contribution is -0.130. The summed E-state index contributed by atoms with van der Waals surface area (Å²) in [6.45, 7) is 7.76. The lowest BCUT2D eigenvalue weighted by atomic mass is 9.49. The van der Waals surface area contributed by atoms with Gasteiger partial charge in [-0.05, 0) is 87.0 Å². The van der Waals surface area contributed by atoms with Gasteiger partial charge in [-0.15, -0.1) is 0 Å². The highest BCUT2D eigenvalue weighted by atomic mass is 16.3. The van der Waals surface area contributed by atoms with Gasteiger partial charge in [0.05, 0.1) is 6.10 Å². The predicted molar refractivity (Wildman–Crippen MR) is 91.0 cm³/mol. The number of rotatable bonds is 1. The molecular formula is C20H33NO2. The van der Waals surface area contributed by atoms with Crippen LogP contribution in [-0.2, 0) is 4.79 Å². The lowest BCUT2D eigenvalue weighted by Crippen LogP contribution is -2.64. The van der Waals surface area contributed by atoms with E-state index in [0.717, 1.165) is 31.7 Å². The van der Waals surface area contributed by atoms with Gasteiger partial charge in [0.2, 0.25) is 0 Å². The van der Waals surface area contributed by atoms with E-state index in [1.807, 2.05) is 0 Å². The van der Waals surface area contributed by atoms with E-state index in [1.54, 1.807) is 6.92 Å². The standard InChI is InChI=1S/C20H33NO2/c1-12(22)15-4-5-16-18-17(7-9-20(15,16)3)19(2)8-6-14(23)10-13(19)11-21-18/h13-18,21,23H,4-11H2,1-3H3/t13-,14-,15-,16+,17+,18+,19+,20-/m1/s1. The molecule has 4 rings (SSSR count). The Morgan fingerprint density at radius 3 is 2.48 bits per heavy atom. The molecule has 0 aromatic rings. The van der Waals surface area contributed by atoms with Crippen molar-refractivity contribution in [1.29, 1.82) is 0 Å². The van der Waals surface area contributed by atoms with E-state index in [0.29, 0.717) is 29.1 Å². The van der Waals surface area contributed by atoms with E-state index in [4.69, 9.17) is 0 Å². The van der Waals surface area contributed by atoms with Gasteiger partial charge in [0, 0.05) is 12.0 Å². The number of fused-ring (bicyclic) bond motifs is 5. The van der Waals surface area contributed by atoms with Crippen LogP contribution in [0.3, 0.4) is 0 Å². The molecule has 3 saturated carbocycles. The van der Waals surface area contributed by atoms with Crippen LogP contribution in [0.2, 0.25) is 0 Å². The van der Waals surface area contributed by atoms with Crippen molar-refractivity contribution in [2.45, 2.75) is 77.9 Å². The first kappa shape index (κ1) is 16.1. The van der Waals surface area contributed by atoms with Crippen LogP contribution < -0.4 is 5.32 Å². The van der Waals surface area contributed by atoms with Gasteiger partial charge in [-0.25, -0.2) is 0 Å². The molecule has 0 aromatic heterocycles. The molecule has 1 saturated heterocycles. The number of piperidine rings is 1. The molecule has 1 heterocycles. The highest BCUT2D eigenvalue weighted by Crippen LogP contribution is 2.62. The van der Waals surface area contributed by atoms with Crippen molar-refractivity contribution in [1.82, 2.24) is 5.32 Å². The topological polar surface area (TPSA) is 49.3 Å². The van der Waals surface area contributed by atoms with Gasteiger partial charge in [0.25, 0.3) is 0 Å². The Hall–Kier alpha value is -0.410. The zero-order valence-electron chi connectivity index (χ0n) is 15.0. The fourth-order valence-corrected chi connectivity index (χ4v) is 7.31. The average molecular weight is 319 g/mol. The molecule has 2 N–H and O–H groups in total. The summed E-state index contributed by atoms with van der Waals surface area (Å²) in [7, 11) is 0. The number of hydrogen-bond acceptors (Lipinski definition) is 3. The Bertz CT molecular complexity index is 506. The molecule has 4 aliphatic rings. The minimum Gasteiger partial charge on any atom is -0.393 e. The third-order valence-electron chi connectivity index (χ3n) is 8.71. The quantitative estimate of drug-likeness (QED) is 0.780. The van der Waals surface area contributed by atoms with E-state index < -0.39 is 0 Å². The number of carbonyl (C=O) groups is 1. The predicted octanol–water partition coefficient (Wildman–Crippen LogP) is 3.16. The Morgan fingerprint density at radius 2 is 1.74 bits per heavy atom. The SMILES string of the molecule is CC(=O)[C@H]1CC[C@H]2[C@@H]3NC[C@H]4C[C@H](O)CC[C@]4(C)[C@H]3CC[C@]12C. The van der Waals surface area contributed by atoms with Gasteiger partial charge in [-0.3, -0.25) is 4.79 Å². The molecule has 130 valence electrons. The van der Waals surface area contributed by atoms with E-state index in [-0.39, 0.29) is 17.4 Å². The van der Waals surface area contributed by atoms with Crippen LogP contribution >= 0.6 is 0 Å². The fraction of sp³-hybridized carbons (Fsp3) is 0.950. The highest BCUT2D eigenvalue weighted by molar-refractivity contribution is 5.79. The number of nitrogens with one attached hydrogen (secondary N) is 1. The first-order chi connectivity index (χ1) is 10.9. The van der Waals surface area contributed by atoms with Crippen LogP contribution in [0.15, 0.2) is 0 Å². The summed E-state index contributed by atoms with van der Waals surface area (Å²) >= 11 is 0. The summed E-state index contributed by atoms with van der Waals surface area (Å²) in [6.07, 6.45) is 7.85. The third-order valence-corrected chi connectivity index (χ3v) is 8.71. The van der Waals surface area contributed by atoms with Crippen molar-refractivity contribution < 1.29 is 9.90 Å². The van der Waals surface area contributed by atoms with Gasteiger partial charge >= 0.3 is 0 Å². The number of carbonyl (C=O) groups excluding carboxylic acids is 1. The summed E-state index contributed by atoms with van der Waals surface area (Å²) < 4.78 is 0. The minimum atomic E-state index is -0.0890. The number of ketones is 1. The van der Waals surface area contributed by atoms with Crippen molar-refractivity contribution in [2.75, 3.05) is 6.54 Å². The summed E-state index contributed by atoms with van der Waals surface area (Å²) in [5.74, 6) is 2.72. The Morgan fingerprint density at radius 1 is 1.04 bits per heavy atom. The van der Waals surface area contributed by atoms with Gasteiger partial charge in [-0.2, -0.15) is 0 Å². The first-order valence-electron chi connectivity index (χ1n) is 9.78. The van der Waals surface area contributed by atoms with Crippen LogP contribution in [0.1, 0.15) is 65.7 Å². The fourth-order valence-electron chi connectivity index (χ4n) is 7.31. The smallest absolute Gasteiger partial charge is 0.133 e. The average Bonchev–Trinajstić information content (AvgIpc) is 2.85. The van der Waals surface area contributed by atoms with Crippen LogP contribution in [0.25, 0.3) is 0 Å². The second-order valence-electron chi connectivity index (χ2n) is 9.56. The minimum absolute atomic E-state index is 0.0890. The highest BCUT2D eigenvalue weighted by Gasteiger charge is 2.60. The first-order valence-corrected chi connectivity index (χ1v) is 9.78. The molecule has 3 aliphatic carbocycles. The molecule has 3 nitrogen and oxygen atoms in total. The molecule has 0 bridgehead atoms. The number of hydrogen-bond donors (Lipinski definition) is 2. The van der Waals surface area contributed by atoms with Gasteiger partial charge < -0.3 is 10.4 Å². The summed E-state index contributed by atoms with van der Waals surface area (Å²) in [5, 5.41) is 14.0. The zero-order chi connectivity index (χ0) is 16.4. The molecule has 0 spiro atoms. The largest absolute Gasteiger partial charge is 0.393 e. The molecule has 23 heavy (non-hydrogen) atoms. The van der Waals surface area contributed by atoms with E-state index >= 15 is 0 Å². The Kier molecular flexibility index (Phi) is 3.70. The van der Waals surface area contributed by atoms with Gasteiger partial charge in [-0.1, -0.05) is 13.8 Å². The summed E-state index contributed by atoms with van der Waals surface area (Å²) in [5.41, 5.74) is 0.613. The van der Waals surface area contributed by atoms with Gasteiger partial charge in [0.1, 0.15) is 5.78 Å². The number of aliphatic hydroxyl groups excluding tert-OH is 1. The van der Waals surface area contributed by atoms with Gasteiger partial charge in [0.15, 0.2) is 0 Å². The van der Waals surface area contributed by atoms with E-state index in [2.05, 4.69) is 19.2 Å². The maximum absolute atomic E-state index is 12.1. The third kappa shape index (κ3) is 2.18. The molecule has 0 unspecified atom stereocenters. The van der Waals surface area contributed by atoms with Crippen molar-refractivity contribution in [3.8, 4) is 0 Å². The van der Waals surface area contributed by atoms with Crippen LogP contribution in [-0.4, -0.2) is 29.6 Å². The van der Waals surface area contributed by atoms with E-state index in [9.17, 15) is 9.90 Å². The number of aliphatic hydroxyl groups is 1. The second-order valence-corrected chi connectivity index (χ2v) is 9.56. The van der Waals surface area contributed by atoms with Crippen molar-refractivity contribution in [3.63, 3.8) is 0 Å². The second kappa shape index (κ2) is 5.29. The van der Waals surface area contributed by atoms with Crippen molar-refractivity contribution >= 4 is 5.78 Å². The maximum Gasteiger partial charge on any atom is 0.133 e. The Labute approximate surface area is 140 Å². The molecule has 1 aliphatic heterocycles. The monoisotopic (exact) mass is 319 g/mol. The van der Waals surface area contributed by atoms with Crippen LogP contribution in [0, 0.1) is 34.5 Å². The van der Waals surface area contributed by atoms with Crippen molar-refractivity contribution in [2.24, 2.45) is 34.5 Å². The summed E-state index contributed by atoms with van der Waals surface area (Å²) in [4.78, 5) is 12.1. The summed E-state index contributed by atoms with van der Waals surface area (Å²) in [6, 6.07) is 0.592. The molecule has 0 aromatic carbocycles. The molecule has 4 fully saturated rings. The maximum atomic E-state index is 12.1. The molecule has 0 amide bonds. The molecule has 3 heteroatoms.